The van der Waals surface area contributed by atoms with E-state index in [0.29, 0.717) is 19.0 Å². The molecule has 6 nitrogen and oxygen atoms in total. The number of hydrogen-bond acceptors (Lipinski definition) is 4. The van der Waals surface area contributed by atoms with Crippen LogP contribution in [0.3, 0.4) is 0 Å². The van der Waals surface area contributed by atoms with Gasteiger partial charge in [-0.2, -0.15) is 0 Å². The number of fused-ring (bicyclic) bond motifs is 1. The van der Waals surface area contributed by atoms with Crippen molar-refractivity contribution in [3.05, 3.63) is 63.8 Å². The number of carbonyl (C=O) groups excluding carboxylic acids is 1. The summed E-state index contributed by atoms with van der Waals surface area (Å²) in [6, 6.07) is 12.4. The van der Waals surface area contributed by atoms with Crippen LogP contribution < -0.4 is 5.56 Å². The SMILES string of the molecule is O=C(CN1CC[C@@H](c2ccccc2)C1)N1CCC[C@@H](c2cc(=O)n3c(n2)CCCCC3)C1. The van der Waals surface area contributed by atoms with Crippen LogP contribution in [0.4, 0.5) is 0 Å². The van der Waals surface area contributed by atoms with Crippen LogP contribution >= 0.6 is 0 Å². The third-order valence-electron chi connectivity index (χ3n) is 7.48. The maximum Gasteiger partial charge on any atom is 0.253 e. The molecule has 1 aromatic carbocycles. The van der Waals surface area contributed by atoms with Crippen LogP contribution in [0.5, 0.6) is 0 Å². The van der Waals surface area contributed by atoms with Gasteiger partial charge in [0.05, 0.1) is 12.2 Å². The third kappa shape index (κ3) is 4.65. The molecular weight excluding hydrogens is 400 g/mol. The lowest BCUT2D eigenvalue weighted by atomic mass is 9.94. The number of rotatable bonds is 4. The summed E-state index contributed by atoms with van der Waals surface area (Å²) >= 11 is 0. The minimum absolute atomic E-state index is 0.0828. The van der Waals surface area contributed by atoms with Crippen LogP contribution in [0.1, 0.15) is 67.4 Å². The average molecular weight is 435 g/mol. The van der Waals surface area contributed by atoms with E-state index < -0.39 is 0 Å². The summed E-state index contributed by atoms with van der Waals surface area (Å²) in [7, 11) is 0. The van der Waals surface area contributed by atoms with Gasteiger partial charge in [0.15, 0.2) is 0 Å². The highest BCUT2D eigenvalue weighted by molar-refractivity contribution is 5.78. The molecule has 0 bridgehead atoms. The minimum atomic E-state index is 0.0828. The highest BCUT2D eigenvalue weighted by atomic mass is 16.2. The molecule has 2 fully saturated rings. The van der Waals surface area contributed by atoms with Gasteiger partial charge in [0.2, 0.25) is 5.91 Å². The first-order valence-corrected chi connectivity index (χ1v) is 12.3. The summed E-state index contributed by atoms with van der Waals surface area (Å²) in [5, 5.41) is 0. The van der Waals surface area contributed by atoms with Gasteiger partial charge < -0.3 is 4.90 Å². The van der Waals surface area contributed by atoms with E-state index in [0.717, 1.165) is 82.6 Å². The molecule has 0 N–H and O–H groups in total. The summed E-state index contributed by atoms with van der Waals surface area (Å²) in [6.07, 6.45) is 7.29. The van der Waals surface area contributed by atoms with Crippen LogP contribution in [-0.4, -0.2) is 58.0 Å². The fraction of sp³-hybridized carbons (Fsp3) is 0.577. The van der Waals surface area contributed by atoms with Gasteiger partial charge in [-0.3, -0.25) is 19.1 Å². The molecular formula is C26H34N4O2. The van der Waals surface area contributed by atoms with Crippen LogP contribution in [0, 0.1) is 0 Å². The molecule has 4 heterocycles. The lowest BCUT2D eigenvalue weighted by Gasteiger charge is -2.33. The van der Waals surface area contributed by atoms with Crippen LogP contribution in [0.25, 0.3) is 0 Å². The van der Waals surface area contributed by atoms with E-state index in [1.165, 1.54) is 5.56 Å². The molecule has 1 aromatic heterocycles. The highest BCUT2D eigenvalue weighted by Gasteiger charge is 2.30. The van der Waals surface area contributed by atoms with Crippen LogP contribution in [0.15, 0.2) is 41.2 Å². The van der Waals surface area contributed by atoms with E-state index >= 15 is 0 Å². The highest BCUT2D eigenvalue weighted by Crippen LogP contribution is 2.28. The largest absolute Gasteiger partial charge is 0.341 e. The standard InChI is InChI=1S/C26H34N4O2/c31-25-16-23(27-24-11-5-2-6-14-30(24)25)22-10-7-13-29(18-22)26(32)19-28-15-12-21(17-28)20-8-3-1-4-9-20/h1,3-4,8-9,16,21-22H,2,5-7,10-15,17-19H2/t21-,22-/m1/s1. The Bertz CT molecular complexity index is 1000. The van der Waals surface area contributed by atoms with Crippen molar-refractivity contribution >= 4 is 5.91 Å². The first-order valence-electron chi connectivity index (χ1n) is 12.3. The Labute approximate surface area is 190 Å². The predicted octanol–water partition coefficient (Wildman–Crippen LogP) is 3.17. The summed E-state index contributed by atoms with van der Waals surface area (Å²) in [4.78, 5) is 35.1. The smallest absolute Gasteiger partial charge is 0.253 e. The number of hydrogen-bond donors (Lipinski definition) is 0. The first-order chi connectivity index (χ1) is 15.7. The van der Waals surface area contributed by atoms with Crippen molar-refractivity contribution in [1.82, 2.24) is 19.4 Å². The Kier molecular flexibility index (Phi) is 6.39. The van der Waals surface area contributed by atoms with Crippen LogP contribution in [-0.2, 0) is 17.8 Å². The Balaban J connectivity index is 1.22. The Morgan fingerprint density at radius 3 is 2.69 bits per heavy atom. The van der Waals surface area contributed by atoms with Gasteiger partial charge in [-0.1, -0.05) is 36.8 Å². The predicted molar refractivity (Wildman–Crippen MR) is 125 cm³/mol. The number of piperidine rings is 1. The zero-order chi connectivity index (χ0) is 21.9. The molecule has 0 spiro atoms. The monoisotopic (exact) mass is 434 g/mol. The molecule has 0 saturated carbocycles. The Morgan fingerprint density at radius 2 is 1.81 bits per heavy atom. The van der Waals surface area contributed by atoms with Crippen molar-refractivity contribution in [2.75, 3.05) is 32.7 Å². The Hall–Kier alpha value is -2.47. The van der Waals surface area contributed by atoms with E-state index in [-0.39, 0.29) is 17.4 Å². The molecule has 0 radical (unpaired) electrons. The number of nitrogens with zero attached hydrogens (tertiary/aromatic N) is 4. The minimum Gasteiger partial charge on any atom is -0.341 e. The quantitative estimate of drug-likeness (QED) is 0.742. The number of aryl methyl sites for hydroxylation is 1. The average Bonchev–Trinajstić information content (AvgIpc) is 3.15. The number of aromatic nitrogens is 2. The lowest BCUT2D eigenvalue weighted by Crippen LogP contribution is -2.44. The zero-order valence-corrected chi connectivity index (χ0v) is 18.9. The molecule has 0 aliphatic carbocycles. The van der Waals surface area contributed by atoms with Gasteiger partial charge in [0.25, 0.3) is 5.56 Å². The molecule has 3 aliphatic rings. The van der Waals surface area contributed by atoms with Crippen molar-refractivity contribution in [3.8, 4) is 0 Å². The van der Waals surface area contributed by atoms with E-state index in [9.17, 15) is 9.59 Å². The van der Waals surface area contributed by atoms with Gasteiger partial charge >= 0.3 is 0 Å². The zero-order valence-electron chi connectivity index (χ0n) is 18.9. The second-order valence-corrected chi connectivity index (χ2v) is 9.71. The van der Waals surface area contributed by atoms with Crippen molar-refractivity contribution in [2.45, 2.75) is 63.3 Å². The van der Waals surface area contributed by atoms with Gasteiger partial charge in [-0.25, -0.2) is 4.98 Å². The van der Waals surface area contributed by atoms with E-state index in [2.05, 4.69) is 35.2 Å². The van der Waals surface area contributed by atoms with Crippen molar-refractivity contribution < 1.29 is 4.79 Å². The van der Waals surface area contributed by atoms with E-state index in [4.69, 9.17) is 4.98 Å². The van der Waals surface area contributed by atoms with Crippen molar-refractivity contribution in [1.29, 1.82) is 0 Å². The van der Waals surface area contributed by atoms with Crippen molar-refractivity contribution in [3.63, 3.8) is 0 Å². The normalized spacial score (nSPS) is 24.2. The molecule has 2 atom stereocenters. The molecule has 5 rings (SSSR count). The summed E-state index contributed by atoms with van der Waals surface area (Å²) in [5.41, 5.74) is 2.35. The Morgan fingerprint density at radius 1 is 0.938 bits per heavy atom. The van der Waals surface area contributed by atoms with Gasteiger partial charge in [0, 0.05) is 44.6 Å². The molecule has 2 aromatic rings. The molecule has 2 saturated heterocycles. The second kappa shape index (κ2) is 9.57. The summed E-state index contributed by atoms with van der Waals surface area (Å²) in [5.74, 6) is 1.85. The lowest BCUT2D eigenvalue weighted by molar-refractivity contribution is -0.133. The fourth-order valence-corrected chi connectivity index (χ4v) is 5.65. The molecule has 32 heavy (non-hydrogen) atoms. The topological polar surface area (TPSA) is 58.4 Å². The summed E-state index contributed by atoms with van der Waals surface area (Å²) < 4.78 is 1.86. The molecule has 3 aliphatic heterocycles. The maximum absolute atomic E-state index is 13.1. The fourth-order valence-electron chi connectivity index (χ4n) is 5.65. The molecule has 0 unspecified atom stereocenters. The van der Waals surface area contributed by atoms with Gasteiger partial charge in [-0.05, 0) is 50.1 Å². The second-order valence-electron chi connectivity index (χ2n) is 9.71. The van der Waals surface area contributed by atoms with E-state index in [1.54, 1.807) is 6.07 Å². The number of amides is 1. The van der Waals surface area contributed by atoms with Crippen molar-refractivity contribution in [2.24, 2.45) is 0 Å². The van der Waals surface area contributed by atoms with Gasteiger partial charge in [-0.15, -0.1) is 0 Å². The first kappa shape index (κ1) is 21.4. The molecule has 6 heteroatoms. The van der Waals surface area contributed by atoms with E-state index in [1.807, 2.05) is 9.47 Å². The molecule has 170 valence electrons. The molecule has 1 amide bonds. The third-order valence-corrected chi connectivity index (χ3v) is 7.48. The van der Waals surface area contributed by atoms with Crippen LogP contribution in [0.2, 0.25) is 0 Å². The number of carbonyl (C=O) groups is 1. The number of likely N-dealkylation sites (tertiary alicyclic amines) is 2. The van der Waals surface area contributed by atoms with Gasteiger partial charge in [0.1, 0.15) is 5.82 Å². The maximum atomic E-state index is 13.1. The number of benzene rings is 1. The summed E-state index contributed by atoms with van der Waals surface area (Å²) in [6.45, 7) is 4.72.